The van der Waals surface area contributed by atoms with Crippen LogP contribution in [-0.4, -0.2) is 38.6 Å². The summed E-state index contributed by atoms with van der Waals surface area (Å²) in [6.45, 7) is 0.405. The van der Waals surface area contributed by atoms with E-state index in [0.29, 0.717) is 28.9 Å². The zero-order valence-corrected chi connectivity index (χ0v) is 14.9. The van der Waals surface area contributed by atoms with Gasteiger partial charge in [0.1, 0.15) is 11.5 Å². The maximum atomic E-state index is 13.2. The van der Waals surface area contributed by atoms with E-state index in [1.54, 1.807) is 40.9 Å². The van der Waals surface area contributed by atoms with Gasteiger partial charge in [-0.25, -0.2) is 9.37 Å². The summed E-state index contributed by atoms with van der Waals surface area (Å²) in [5, 5.41) is 2.74. The van der Waals surface area contributed by atoms with Gasteiger partial charge in [0, 0.05) is 25.4 Å². The van der Waals surface area contributed by atoms with E-state index in [9.17, 15) is 18.8 Å². The number of imide groups is 1. The van der Waals surface area contributed by atoms with Crippen molar-refractivity contribution in [2.75, 3.05) is 6.54 Å². The van der Waals surface area contributed by atoms with Crippen molar-refractivity contribution in [2.24, 2.45) is 0 Å². The molecular formula is C20H17FN4O3. The predicted octanol–water partition coefficient (Wildman–Crippen LogP) is 2.17. The van der Waals surface area contributed by atoms with Gasteiger partial charge in [0.05, 0.1) is 23.4 Å². The molecule has 0 bridgehead atoms. The Morgan fingerprint density at radius 1 is 1.04 bits per heavy atom. The third-order valence-corrected chi connectivity index (χ3v) is 4.60. The Morgan fingerprint density at radius 3 is 2.46 bits per heavy atom. The fourth-order valence-electron chi connectivity index (χ4n) is 3.22. The van der Waals surface area contributed by atoms with Crippen LogP contribution in [0.1, 0.15) is 39.3 Å². The molecule has 28 heavy (non-hydrogen) atoms. The molecule has 3 heterocycles. The molecule has 2 aromatic heterocycles. The van der Waals surface area contributed by atoms with Gasteiger partial charge in [0.2, 0.25) is 5.91 Å². The fraction of sp³-hybridized carbons (Fsp3) is 0.200. The van der Waals surface area contributed by atoms with E-state index in [2.05, 4.69) is 10.3 Å². The average Bonchev–Trinajstić information content (AvgIpc) is 3.20. The molecule has 1 aliphatic heterocycles. The summed E-state index contributed by atoms with van der Waals surface area (Å²) in [6.07, 6.45) is 3.51. The highest BCUT2D eigenvalue weighted by Crippen LogP contribution is 2.22. The van der Waals surface area contributed by atoms with E-state index in [1.165, 1.54) is 17.2 Å². The minimum atomic E-state index is -0.367. The molecule has 0 fully saturated rings. The van der Waals surface area contributed by atoms with Gasteiger partial charge in [0.25, 0.3) is 11.8 Å². The lowest BCUT2D eigenvalue weighted by Gasteiger charge is -2.13. The van der Waals surface area contributed by atoms with E-state index in [4.69, 9.17) is 0 Å². The van der Waals surface area contributed by atoms with Gasteiger partial charge in [-0.15, -0.1) is 0 Å². The Balaban J connectivity index is 1.27. The van der Waals surface area contributed by atoms with Gasteiger partial charge < -0.3 is 9.72 Å². The highest BCUT2D eigenvalue weighted by atomic mass is 19.1. The first-order valence-corrected chi connectivity index (χ1v) is 8.88. The second kappa shape index (κ2) is 7.22. The topological polar surface area (TPSA) is 83.8 Å². The van der Waals surface area contributed by atoms with Crippen molar-refractivity contribution in [3.05, 3.63) is 71.4 Å². The first-order chi connectivity index (χ1) is 13.5. The molecule has 3 aromatic rings. The monoisotopic (exact) mass is 380 g/mol. The van der Waals surface area contributed by atoms with Crippen LogP contribution in [0, 0.1) is 5.82 Å². The normalized spacial score (nSPS) is 13.2. The third-order valence-electron chi connectivity index (χ3n) is 4.60. The van der Waals surface area contributed by atoms with Crippen LogP contribution in [0.3, 0.4) is 0 Å². The van der Waals surface area contributed by atoms with E-state index in [0.717, 1.165) is 0 Å². The molecule has 0 atom stereocenters. The van der Waals surface area contributed by atoms with Gasteiger partial charge in [-0.2, -0.15) is 0 Å². The van der Waals surface area contributed by atoms with Gasteiger partial charge in [0.15, 0.2) is 0 Å². The van der Waals surface area contributed by atoms with Crippen molar-refractivity contribution < 1.29 is 18.8 Å². The van der Waals surface area contributed by atoms with Gasteiger partial charge in [-0.3, -0.25) is 19.3 Å². The van der Waals surface area contributed by atoms with Crippen LogP contribution >= 0.6 is 0 Å². The number of nitrogens with one attached hydrogen (secondary N) is 1. The van der Waals surface area contributed by atoms with Crippen LogP contribution in [0.25, 0.3) is 5.65 Å². The molecule has 1 N–H and O–H groups in total. The number of hydrogen-bond acceptors (Lipinski definition) is 4. The van der Waals surface area contributed by atoms with Crippen molar-refractivity contribution in [2.45, 2.75) is 19.4 Å². The van der Waals surface area contributed by atoms with E-state index < -0.39 is 0 Å². The number of pyridine rings is 1. The second-order valence-corrected chi connectivity index (χ2v) is 6.53. The quantitative estimate of drug-likeness (QED) is 0.665. The summed E-state index contributed by atoms with van der Waals surface area (Å²) in [6, 6.07) is 9.57. The fourth-order valence-corrected chi connectivity index (χ4v) is 3.22. The van der Waals surface area contributed by atoms with Crippen molar-refractivity contribution in [3.63, 3.8) is 0 Å². The van der Waals surface area contributed by atoms with Crippen LogP contribution in [-0.2, 0) is 11.3 Å². The van der Waals surface area contributed by atoms with Crippen LogP contribution in [0.4, 0.5) is 4.39 Å². The van der Waals surface area contributed by atoms with Crippen LogP contribution in [0.5, 0.6) is 0 Å². The van der Waals surface area contributed by atoms with Crippen molar-refractivity contribution in [1.82, 2.24) is 19.6 Å². The summed E-state index contributed by atoms with van der Waals surface area (Å²) in [5.74, 6) is -1.22. The lowest BCUT2D eigenvalue weighted by atomic mass is 10.1. The number of imidazole rings is 1. The van der Waals surface area contributed by atoms with E-state index in [1.807, 2.05) is 0 Å². The number of carbonyl (C=O) groups is 3. The number of fused-ring (bicyclic) bond motifs is 2. The van der Waals surface area contributed by atoms with Gasteiger partial charge in [-0.05, 0) is 30.7 Å². The molecule has 142 valence electrons. The van der Waals surface area contributed by atoms with Crippen molar-refractivity contribution >= 4 is 23.4 Å². The molecule has 0 saturated heterocycles. The Morgan fingerprint density at radius 2 is 1.75 bits per heavy atom. The Bertz CT molecular complexity index is 1060. The second-order valence-electron chi connectivity index (χ2n) is 6.53. The number of nitrogens with zero attached hydrogens (tertiary/aromatic N) is 3. The molecule has 3 amide bonds. The molecule has 4 rings (SSSR count). The largest absolute Gasteiger partial charge is 0.350 e. The molecule has 0 spiro atoms. The number of benzene rings is 1. The Labute approximate surface area is 159 Å². The van der Waals surface area contributed by atoms with Crippen LogP contribution in [0.15, 0.2) is 48.8 Å². The third kappa shape index (κ3) is 3.36. The first kappa shape index (κ1) is 17.8. The summed E-state index contributed by atoms with van der Waals surface area (Å²) < 4.78 is 14.8. The maximum absolute atomic E-state index is 13.2. The molecule has 0 radical (unpaired) electrons. The van der Waals surface area contributed by atoms with Gasteiger partial charge >= 0.3 is 0 Å². The van der Waals surface area contributed by atoms with E-state index >= 15 is 0 Å². The highest BCUT2D eigenvalue weighted by Gasteiger charge is 2.34. The lowest BCUT2D eigenvalue weighted by Crippen LogP contribution is -2.32. The molecule has 8 heteroatoms. The summed E-state index contributed by atoms with van der Waals surface area (Å²) >= 11 is 0. The molecule has 1 aliphatic rings. The number of rotatable bonds is 6. The predicted molar refractivity (Wildman–Crippen MR) is 98.0 cm³/mol. The zero-order chi connectivity index (χ0) is 19.7. The van der Waals surface area contributed by atoms with E-state index in [-0.39, 0.29) is 43.0 Å². The Hall–Kier alpha value is -3.55. The number of carbonyl (C=O) groups excluding carboxylic acids is 3. The number of hydrogen-bond donors (Lipinski definition) is 1. The van der Waals surface area contributed by atoms with Crippen LogP contribution < -0.4 is 5.32 Å². The first-order valence-electron chi connectivity index (χ1n) is 8.88. The number of halogens is 1. The molecule has 1 aromatic carbocycles. The maximum Gasteiger partial charge on any atom is 0.261 e. The zero-order valence-electron chi connectivity index (χ0n) is 14.9. The summed E-state index contributed by atoms with van der Waals surface area (Å²) in [4.78, 5) is 42.1. The molecule has 0 saturated carbocycles. The van der Waals surface area contributed by atoms with Crippen molar-refractivity contribution in [1.29, 1.82) is 0 Å². The number of aromatic nitrogens is 2. The average molecular weight is 380 g/mol. The van der Waals surface area contributed by atoms with Crippen LogP contribution in [0.2, 0.25) is 0 Å². The smallest absolute Gasteiger partial charge is 0.261 e. The van der Waals surface area contributed by atoms with Crippen molar-refractivity contribution in [3.8, 4) is 0 Å². The van der Waals surface area contributed by atoms with Gasteiger partial charge in [-0.1, -0.05) is 12.1 Å². The molecule has 0 aliphatic carbocycles. The molecule has 0 unspecified atom stereocenters. The minimum Gasteiger partial charge on any atom is -0.350 e. The summed E-state index contributed by atoms with van der Waals surface area (Å²) in [7, 11) is 0. The summed E-state index contributed by atoms with van der Waals surface area (Å²) in [5.41, 5.74) is 2.01. The molecule has 7 nitrogen and oxygen atoms in total. The highest BCUT2D eigenvalue weighted by molar-refractivity contribution is 6.21. The lowest BCUT2D eigenvalue weighted by molar-refractivity contribution is -0.121. The standard InChI is InChI=1S/C20H17FN4O3/c21-13-7-8-17-23-14(12-24(17)11-13)10-22-18(26)6-3-9-25-19(27)15-4-1-2-5-16(15)20(25)28/h1-2,4-5,7-8,11-12H,3,6,9-10H2,(H,22,26). The Kier molecular flexibility index (Phi) is 4.60. The minimum absolute atomic E-state index is 0.176. The number of amides is 3. The SMILES string of the molecule is O=C(CCCN1C(=O)c2ccccc2C1=O)NCc1cn2cc(F)ccc2n1. The molecular weight excluding hydrogens is 363 g/mol.